The van der Waals surface area contributed by atoms with Crippen molar-refractivity contribution < 1.29 is 19.1 Å². The lowest BCUT2D eigenvalue weighted by Gasteiger charge is -2.37. The Morgan fingerprint density at radius 2 is 1.66 bits per heavy atom. The number of amides is 2. The van der Waals surface area contributed by atoms with Crippen LogP contribution in [0.15, 0.2) is 42.5 Å². The average Bonchev–Trinajstić information content (AvgIpc) is 3.26. The van der Waals surface area contributed by atoms with E-state index in [0.29, 0.717) is 43.2 Å². The first kappa shape index (κ1) is 18.0. The second-order valence-corrected chi connectivity index (χ2v) is 7.83. The average molecular weight is 392 g/mol. The van der Waals surface area contributed by atoms with Crippen LogP contribution in [0.4, 0.5) is 0 Å². The van der Waals surface area contributed by atoms with E-state index in [4.69, 9.17) is 9.47 Å². The maximum Gasteiger partial charge on any atom is 0.254 e. The lowest BCUT2D eigenvalue weighted by molar-refractivity contribution is -0.134. The molecule has 2 aromatic rings. The molecule has 2 amide bonds. The molecule has 0 saturated carbocycles. The molecule has 0 unspecified atom stereocenters. The standard InChI is InChI=1S/C23H24N2O4/c26-22(17-8-9-20-21(14-17)29-15-28-20)24-10-12-25(13-11-24)23(27)19-7-3-5-16-4-1-2-6-18(16)19/h1-2,4,6,8-9,14,19H,3,5,7,10-13,15H2/t19-/m0/s1. The van der Waals surface area contributed by atoms with E-state index in [1.54, 1.807) is 18.2 Å². The minimum Gasteiger partial charge on any atom is -0.454 e. The topological polar surface area (TPSA) is 59.1 Å². The lowest BCUT2D eigenvalue weighted by Crippen LogP contribution is -2.51. The van der Waals surface area contributed by atoms with Gasteiger partial charge in [-0.15, -0.1) is 0 Å². The van der Waals surface area contributed by atoms with Gasteiger partial charge in [0.25, 0.3) is 5.91 Å². The van der Waals surface area contributed by atoms with Crippen molar-refractivity contribution in [2.24, 2.45) is 0 Å². The summed E-state index contributed by atoms with van der Waals surface area (Å²) in [6, 6.07) is 13.6. The van der Waals surface area contributed by atoms with Crippen LogP contribution < -0.4 is 9.47 Å². The van der Waals surface area contributed by atoms with E-state index in [2.05, 4.69) is 12.1 Å². The maximum absolute atomic E-state index is 13.2. The van der Waals surface area contributed by atoms with Crippen LogP contribution in [0.2, 0.25) is 0 Å². The third-order valence-corrected chi connectivity index (χ3v) is 6.17. The van der Waals surface area contributed by atoms with Gasteiger partial charge in [-0.2, -0.15) is 0 Å². The van der Waals surface area contributed by atoms with Gasteiger partial charge in [-0.1, -0.05) is 24.3 Å². The molecule has 0 radical (unpaired) electrons. The fraction of sp³-hybridized carbons (Fsp3) is 0.391. The number of benzene rings is 2. The molecule has 1 aliphatic carbocycles. The van der Waals surface area contributed by atoms with Gasteiger partial charge >= 0.3 is 0 Å². The van der Waals surface area contributed by atoms with Crippen LogP contribution in [-0.4, -0.2) is 54.6 Å². The van der Waals surface area contributed by atoms with E-state index in [9.17, 15) is 9.59 Å². The zero-order valence-corrected chi connectivity index (χ0v) is 16.3. The van der Waals surface area contributed by atoms with Gasteiger partial charge in [0.2, 0.25) is 12.7 Å². The van der Waals surface area contributed by atoms with Crippen molar-refractivity contribution in [3.63, 3.8) is 0 Å². The highest BCUT2D eigenvalue weighted by Crippen LogP contribution is 2.34. The number of hydrogen-bond acceptors (Lipinski definition) is 4. The number of piperazine rings is 1. The second-order valence-electron chi connectivity index (χ2n) is 7.83. The first-order chi connectivity index (χ1) is 14.2. The third-order valence-electron chi connectivity index (χ3n) is 6.17. The largest absolute Gasteiger partial charge is 0.454 e. The number of ether oxygens (including phenoxy) is 2. The van der Waals surface area contributed by atoms with Crippen molar-refractivity contribution in [3.05, 3.63) is 59.2 Å². The molecule has 2 aliphatic heterocycles. The van der Waals surface area contributed by atoms with Crippen LogP contribution in [0.25, 0.3) is 0 Å². The van der Waals surface area contributed by atoms with Crippen molar-refractivity contribution in [1.82, 2.24) is 9.80 Å². The maximum atomic E-state index is 13.2. The summed E-state index contributed by atoms with van der Waals surface area (Å²) >= 11 is 0. The molecule has 6 nitrogen and oxygen atoms in total. The summed E-state index contributed by atoms with van der Waals surface area (Å²) < 4.78 is 10.7. The van der Waals surface area contributed by atoms with Crippen LogP contribution in [0.1, 0.15) is 40.2 Å². The number of carbonyl (C=O) groups excluding carboxylic acids is 2. The van der Waals surface area contributed by atoms with Gasteiger partial charge in [0.15, 0.2) is 11.5 Å². The Bertz CT molecular complexity index is 950. The first-order valence-corrected chi connectivity index (χ1v) is 10.3. The molecule has 0 aromatic heterocycles. The highest BCUT2D eigenvalue weighted by Gasteiger charge is 2.32. The first-order valence-electron chi connectivity index (χ1n) is 10.3. The van der Waals surface area contributed by atoms with Gasteiger partial charge in [-0.25, -0.2) is 0 Å². The molecule has 150 valence electrons. The fourth-order valence-corrected chi connectivity index (χ4v) is 4.57. The monoisotopic (exact) mass is 392 g/mol. The predicted octanol–water partition coefficient (Wildman–Crippen LogP) is 2.82. The normalized spacial score (nSPS) is 20.3. The van der Waals surface area contributed by atoms with E-state index in [1.807, 2.05) is 21.9 Å². The summed E-state index contributed by atoms with van der Waals surface area (Å²) in [5.41, 5.74) is 3.08. The Labute approximate surface area is 170 Å². The minimum absolute atomic E-state index is 0.0292. The number of carbonyl (C=O) groups is 2. The molecule has 3 aliphatic rings. The number of hydrogen-bond donors (Lipinski definition) is 0. The summed E-state index contributed by atoms with van der Waals surface area (Å²) in [4.78, 5) is 29.8. The molecule has 1 fully saturated rings. The molecule has 29 heavy (non-hydrogen) atoms. The summed E-state index contributed by atoms with van der Waals surface area (Å²) in [6.07, 6.45) is 3.01. The second kappa shape index (κ2) is 7.43. The zero-order chi connectivity index (χ0) is 19.8. The molecule has 2 aromatic carbocycles. The number of rotatable bonds is 2. The number of aryl methyl sites for hydroxylation is 1. The molecule has 0 N–H and O–H groups in total. The van der Waals surface area contributed by atoms with Gasteiger partial charge in [0.05, 0.1) is 5.92 Å². The van der Waals surface area contributed by atoms with E-state index in [0.717, 1.165) is 19.3 Å². The molecule has 1 saturated heterocycles. The smallest absolute Gasteiger partial charge is 0.254 e. The van der Waals surface area contributed by atoms with Gasteiger partial charge < -0.3 is 19.3 Å². The quantitative estimate of drug-likeness (QED) is 0.789. The van der Waals surface area contributed by atoms with Crippen molar-refractivity contribution in [1.29, 1.82) is 0 Å². The summed E-state index contributed by atoms with van der Waals surface area (Å²) in [7, 11) is 0. The fourth-order valence-electron chi connectivity index (χ4n) is 4.57. The van der Waals surface area contributed by atoms with Gasteiger partial charge in [-0.3, -0.25) is 9.59 Å². The van der Waals surface area contributed by atoms with Crippen molar-refractivity contribution >= 4 is 11.8 Å². The van der Waals surface area contributed by atoms with Gasteiger partial charge in [0.1, 0.15) is 0 Å². The van der Waals surface area contributed by atoms with Crippen molar-refractivity contribution in [2.75, 3.05) is 33.0 Å². The van der Waals surface area contributed by atoms with Gasteiger partial charge in [0, 0.05) is 31.7 Å². The highest BCUT2D eigenvalue weighted by molar-refractivity contribution is 5.95. The highest BCUT2D eigenvalue weighted by atomic mass is 16.7. The van der Waals surface area contributed by atoms with Crippen LogP contribution in [0.5, 0.6) is 11.5 Å². The Morgan fingerprint density at radius 3 is 2.52 bits per heavy atom. The minimum atomic E-state index is -0.0453. The molecule has 2 heterocycles. The van der Waals surface area contributed by atoms with E-state index >= 15 is 0 Å². The van der Waals surface area contributed by atoms with Crippen molar-refractivity contribution in [3.8, 4) is 11.5 Å². The third kappa shape index (κ3) is 3.33. The molecule has 5 rings (SSSR count). The van der Waals surface area contributed by atoms with E-state index in [1.165, 1.54) is 11.1 Å². The van der Waals surface area contributed by atoms with Crippen LogP contribution in [-0.2, 0) is 11.2 Å². The van der Waals surface area contributed by atoms with Crippen LogP contribution in [0.3, 0.4) is 0 Å². The Kier molecular flexibility index (Phi) is 4.62. The summed E-state index contributed by atoms with van der Waals surface area (Å²) in [5, 5.41) is 0. The summed E-state index contributed by atoms with van der Waals surface area (Å²) in [5.74, 6) is 1.41. The van der Waals surface area contributed by atoms with Crippen LogP contribution in [0, 0.1) is 0 Å². The SMILES string of the molecule is O=C(c1ccc2c(c1)OCO2)N1CCN(C(=O)[C@H]2CCCc3ccccc32)CC1. The molecule has 6 heteroatoms. The van der Waals surface area contributed by atoms with E-state index < -0.39 is 0 Å². The Hall–Kier alpha value is -3.02. The van der Waals surface area contributed by atoms with Crippen LogP contribution >= 0.6 is 0 Å². The molecule has 0 bridgehead atoms. The van der Waals surface area contributed by atoms with E-state index in [-0.39, 0.29) is 24.5 Å². The van der Waals surface area contributed by atoms with Crippen molar-refractivity contribution in [2.45, 2.75) is 25.2 Å². The molecule has 0 spiro atoms. The predicted molar refractivity (Wildman–Crippen MR) is 107 cm³/mol. The number of nitrogens with zero attached hydrogens (tertiary/aromatic N) is 2. The Morgan fingerprint density at radius 1 is 0.897 bits per heavy atom. The number of fused-ring (bicyclic) bond motifs is 2. The molecular formula is C23H24N2O4. The lowest BCUT2D eigenvalue weighted by atomic mass is 9.82. The Balaban J connectivity index is 1.24. The molecular weight excluding hydrogens is 368 g/mol. The zero-order valence-electron chi connectivity index (χ0n) is 16.3. The molecule has 1 atom stereocenters. The van der Waals surface area contributed by atoms with Gasteiger partial charge in [-0.05, 0) is 48.6 Å². The summed E-state index contributed by atoms with van der Waals surface area (Å²) in [6.45, 7) is 2.44.